The third-order valence-electron chi connectivity index (χ3n) is 10.2. The highest BCUT2D eigenvalue weighted by atomic mass is 16.2. The Hall–Kier alpha value is -3.15. The monoisotopic (exact) mass is 524 g/mol. The van der Waals surface area contributed by atoms with Gasteiger partial charge in [-0.3, -0.25) is 9.59 Å². The number of fused-ring (bicyclic) bond motifs is 1. The van der Waals surface area contributed by atoms with E-state index in [0.29, 0.717) is 5.41 Å². The maximum atomic E-state index is 13.5. The summed E-state index contributed by atoms with van der Waals surface area (Å²) in [5.41, 5.74) is 4.56. The average molecular weight is 525 g/mol. The second-order valence-corrected chi connectivity index (χ2v) is 13.6. The summed E-state index contributed by atoms with van der Waals surface area (Å²) in [6, 6.07) is 13.9. The molecule has 8 rings (SSSR count). The van der Waals surface area contributed by atoms with Gasteiger partial charge in [0, 0.05) is 22.9 Å². The number of carbonyl (C=O) groups is 2. The molecule has 2 unspecified atom stereocenters. The number of hydrogen-bond acceptors (Lipinski definition) is 3. The molecule has 204 valence electrons. The van der Waals surface area contributed by atoms with Crippen LogP contribution in [0.3, 0.4) is 0 Å². The van der Waals surface area contributed by atoms with Crippen molar-refractivity contribution in [3.63, 3.8) is 0 Å². The number of hydrogen-bond donors (Lipinski definition) is 3. The van der Waals surface area contributed by atoms with E-state index >= 15 is 0 Å². The highest BCUT2D eigenvalue weighted by Gasteiger charge is 2.58. The van der Waals surface area contributed by atoms with Crippen molar-refractivity contribution in [1.82, 2.24) is 9.97 Å². The van der Waals surface area contributed by atoms with Gasteiger partial charge in [0.15, 0.2) is 0 Å². The maximum Gasteiger partial charge on any atom is 0.230 e. The minimum absolute atomic E-state index is 0.116. The van der Waals surface area contributed by atoms with Crippen molar-refractivity contribution >= 4 is 34.2 Å². The van der Waals surface area contributed by atoms with Crippen LogP contribution < -0.4 is 10.6 Å². The molecule has 5 aliphatic rings. The van der Waals surface area contributed by atoms with E-state index in [1.807, 2.05) is 42.5 Å². The van der Waals surface area contributed by atoms with E-state index in [0.717, 1.165) is 90.6 Å². The van der Waals surface area contributed by atoms with Crippen LogP contribution in [0.4, 0.5) is 11.4 Å². The van der Waals surface area contributed by atoms with Gasteiger partial charge in [0.1, 0.15) is 5.82 Å². The van der Waals surface area contributed by atoms with Crippen LogP contribution >= 0.6 is 0 Å². The predicted molar refractivity (Wildman–Crippen MR) is 155 cm³/mol. The van der Waals surface area contributed by atoms with Crippen LogP contribution in [0.25, 0.3) is 22.4 Å². The fraction of sp³-hybridized carbons (Fsp3) is 0.545. The van der Waals surface area contributed by atoms with Crippen molar-refractivity contribution in [1.29, 1.82) is 0 Å². The normalized spacial score (nSPS) is 30.3. The molecule has 3 aromatic rings. The molecule has 1 aromatic heterocycles. The molecule has 5 saturated carbocycles. The highest BCUT2D eigenvalue weighted by Crippen LogP contribution is 2.65. The number of nitrogens with zero attached hydrogens (tertiary/aromatic N) is 1. The second kappa shape index (κ2) is 9.50. The van der Waals surface area contributed by atoms with Gasteiger partial charge in [0.05, 0.1) is 16.4 Å². The summed E-state index contributed by atoms with van der Waals surface area (Å²) in [6.07, 6.45) is 13.8. The Morgan fingerprint density at radius 3 is 2.26 bits per heavy atom. The van der Waals surface area contributed by atoms with Gasteiger partial charge in [-0.1, -0.05) is 32.6 Å². The molecule has 2 amide bonds. The Morgan fingerprint density at radius 1 is 0.872 bits per heavy atom. The van der Waals surface area contributed by atoms with Gasteiger partial charge in [-0.25, -0.2) is 4.98 Å². The van der Waals surface area contributed by atoms with Crippen LogP contribution in [0.1, 0.15) is 84.0 Å². The third-order valence-corrected chi connectivity index (χ3v) is 10.2. The number of amides is 2. The number of anilines is 2. The minimum atomic E-state index is -0.181. The van der Waals surface area contributed by atoms with Gasteiger partial charge in [-0.05, 0) is 111 Å². The van der Waals surface area contributed by atoms with Gasteiger partial charge >= 0.3 is 0 Å². The van der Waals surface area contributed by atoms with Crippen LogP contribution in [-0.2, 0) is 9.59 Å². The summed E-state index contributed by atoms with van der Waals surface area (Å²) in [5, 5.41) is 6.40. The molecule has 6 nitrogen and oxygen atoms in total. The lowest BCUT2D eigenvalue weighted by molar-refractivity contribution is -0.149. The first-order chi connectivity index (χ1) is 18.9. The molecule has 0 aliphatic heterocycles. The average Bonchev–Trinajstić information content (AvgIpc) is 3.12. The molecule has 2 aromatic carbocycles. The lowest BCUT2D eigenvalue weighted by atomic mass is 9.44. The van der Waals surface area contributed by atoms with Crippen LogP contribution in [0, 0.1) is 28.6 Å². The lowest BCUT2D eigenvalue weighted by Gasteiger charge is -2.60. The number of imidazole rings is 1. The van der Waals surface area contributed by atoms with Gasteiger partial charge in [-0.2, -0.15) is 0 Å². The summed E-state index contributed by atoms with van der Waals surface area (Å²) in [7, 11) is 0. The number of carbonyl (C=O) groups excluding carboxylic acids is 2. The fourth-order valence-corrected chi connectivity index (χ4v) is 8.97. The van der Waals surface area contributed by atoms with Crippen LogP contribution in [0.2, 0.25) is 0 Å². The maximum absolute atomic E-state index is 13.5. The molecule has 5 aliphatic carbocycles. The predicted octanol–water partition coefficient (Wildman–Crippen LogP) is 7.68. The molecular formula is C33H40N4O2. The van der Waals surface area contributed by atoms with Crippen LogP contribution in [-0.4, -0.2) is 21.8 Å². The number of aromatic amines is 1. The number of rotatable bonds is 5. The Labute approximate surface area is 230 Å². The topological polar surface area (TPSA) is 86.9 Å². The first kappa shape index (κ1) is 24.9. The van der Waals surface area contributed by atoms with Gasteiger partial charge < -0.3 is 15.6 Å². The van der Waals surface area contributed by atoms with E-state index in [2.05, 4.69) is 22.5 Å². The van der Waals surface area contributed by atoms with Crippen molar-refractivity contribution in [2.45, 2.75) is 84.0 Å². The molecule has 2 atom stereocenters. The molecular weight excluding hydrogens is 484 g/mol. The Balaban J connectivity index is 1.03. The van der Waals surface area contributed by atoms with E-state index in [-0.39, 0.29) is 23.1 Å². The Bertz CT molecular complexity index is 1380. The summed E-state index contributed by atoms with van der Waals surface area (Å²) < 4.78 is 0. The SMILES string of the molecule is CC12CC3CC(C1)CC(C(=O)Nc1ccc(-c4nc5ccc(NC(=O)C6CCCCCC6)cc5[nH]4)cc1)(C3)C2. The summed E-state index contributed by atoms with van der Waals surface area (Å²) in [4.78, 5) is 34.6. The fourth-order valence-electron chi connectivity index (χ4n) is 8.97. The van der Waals surface area contributed by atoms with Crippen molar-refractivity contribution < 1.29 is 9.59 Å². The molecule has 0 radical (unpaired) electrons. The van der Waals surface area contributed by atoms with Gasteiger partial charge in [0.2, 0.25) is 11.8 Å². The Kier molecular flexibility index (Phi) is 6.05. The zero-order valence-corrected chi connectivity index (χ0v) is 23.0. The number of nitrogens with one attached hydrogen (secondary N) is 3. The third kappa shape index (κ3) is 4.76. The molecule has 3 N–H and O–H groups in total. The van der Waals surface area contributed by atoms with Crippen LogP contribution in [0.5, 0.6) is 0 Å². The van der Waals surface area contributed by atoms with Crippen molar-refractivity contribution in [2.24, 2.45) is 28.6 Å². The van der Waals surface area contributed by atoms with Crippen molar-refractivity contribution in [3.05, 3.63) is 42.5 Å². The molecule has 1 heterocycles. The summed E-state index contributed by atoms with van der Waals surface area (Å²) in [6.45, 7) is 2.41. The number of aromatic nitrogens is 2. The van der Waals surface area contributed by atoms with Gasteiger partial charge in [-0.15, -0.1) is 0 Å². The zero-order chi connectivity index (χ0) is 26.6. The molecule has 0 spiro atoms. The van der Waals surface area contributed by atoms with Crippen molar-refractivity contribution in [3.8, 4) is 11.4 Å². The van der Waals surface area contributed by atoms with E-state index < -0.39 is 0 Å². The first-order valence-electron chi connectivity index (χ1n) is 15.1. The smallest absolute Gasteiger partial charge is 0.230 e. The highest BCUT2D eigenvalue weighted by molar-refractivity contribution is 5.96. The van der Waals surface area contributed by atoms with E-state index in [1.165, 1.54) is 32.1 Å². The van der Waals surface area contributed by atoms with E-state index in [4.69, 9.17) is 4.98 Å². The first-order valence-corrected chi connectivity index (χ1v) is 15.1. The molecule has 39 heavy (non-hydrogen) atoms. The van der Waals surface area contributed by atoms with E-state index in [9.17, 15) is 9.59 Å². The lowest BCUT2D eigenvalue weighted by Crippen LogP contribution is -2.55. The zero-order valence-electron chi connectivity index (χ0n) is 23.0. The molecule has 5 fully saturated rings. The number of benzene rings is 2. The quantitative estimate of drug-likeness (QED) is 0.299. The molecule has 6 heteroatoms. The largest absolute Gasteiger partial charge is 0.338 e. The number of H-pyrrole nitrogens is 1. The van der Waals surface area contributed by atoms with Crippen molar-refractivity contribution in [2.75, 3.05) is 10.6 Å². The van der Waals surface area contributed by atoms with Crippen LogP contribution in [0.15, 0.2) is 42.5 Å². The standard InChI is InChI=1S/C33H40N4O2/c1-32-16-21-14-22(17-32)19-33(18-21,20-32)31(39)35-25-10-8-23(9-11-25)29-36-27-13-12-26(15-28(27)37-29)34-30(38)24-6-4-2-3-5-7-24/h8-13,15,21-22,24H,2-7,14,16-20H2,1H3,(H,34,38)(H,35,39)(H,36,37). The summed E-state index contributed by atoms with van der Waals surface area (Å²) >= 11 is 0. The second-order valence-electron chi connectivity index (χ2n) is 13.6. The van der Waals surface area contributed by atoms with E-state index in [1.54, 1.807) is 0 Å². The Morgan fingerprint density at radius 2 is 1.56 bits per heavy atom. The molecule has 0 saturated heterocycles. The molecule has 4 bridgehead atoms. The summed E-state index contributed by atoms with van der Waals surface area (Å²) in [5.74, 6) is 2.70. The van der Waals surface area contributed by atoms with Gasteiger partial charge in [0.25, 0.3) is 0 Å². The minimum Gasteiger partial charge on any atom is -0.338 e.